The zero-order chi connectivity index (χ0) is 23.0. The van der Waals surface area contributed by atoms with E-state index in [1.165, 1.54) is 12.4 Å². The lowest BCUT2D eigenvalue weighted by Gasteiger charge is -2.32. The first kappa shape index (κ1) is 21.3. The third-order valence-electron chi connectivity index (χ3n) is 5.72. The van der Waals surface area contributed by atoms with E-state index in [1.54, 1.807) is 35.6 Å². The Morgan fingerprint density at radius 3 is 2.69 bits per heavy atom. The number of nitrogen functional groups attached to an aromatic ring is 1. The van der Waals surface area contributed by atoms with Crippen molar-refractivity contribution in [2.45, 2.75) is 32.7 Å². The molecule has 1 aliphatic heterocycles. The van der Waals surface area contributed by atoms with Crippen molar-refractivity contribution in [3.63, 3.8) is 0 Å². The summed E-state index contributed by atoms with van der Waals surface area (Å²) in [5, 5.41) is 17.6. The molecule has 1 atom stereocenters. The number of phenolic OH excluding ortho intramolecular Hbond substituents is 1. The predicted molar refractivity (Wildman–Crippen MR) is 120 cm³/mol. The minimum Gasteiger partial charge on any atom is -0.508 e. The highest BCUT2D eigenvalue weighted by molar-refractivity contribution is 6.13. The Bertz CT molecular complexity index is 1210. The number of aromatic hydroxyl groups is 1. The molecule has 1 aromatic carbocycles. The maximum Gasteiger partial charge on any atom is 0.277 e. The van der Waals surface area contributed by atoms with Gasteiger partial charge in [0.15, 0.2) is 11.3 Å². The second kappa shape index (κ2) is 8.29. The summed E-state index contributed by atoms with van der Waals surface area (Å²) < 4.78 is 1.67. The van der Waals surface area contributed by atoms with Crippen LogP contribution in [0, 0.1) is 13.8 Å². The van der Waals surface area contributed by atoms with Gasteiger partial charge in [-0.05, 0) is 56.0 Å². The van der Waals surface area contributed by atoms with E-state index in [-0.39, 0.29) is 29.2 Å². The van der Waals surface area contributed by atoms with Crippen LogP contribution in [0.15, 0.2) is 31.1 Å². The van der Waals surface area contributed by atoms with Crippen molar-refractivity contribution in [1.29, 1.82) is 0 Å². The molecular weight excluding hydrogens is 410 g/mol. The van der Waals surface area contributed by atoms with Gasteiger partial charge in [-0.2, -0.15) is 5.10 Å². The van der Waals surface area contributed by atoms with Gasteiger partial charge in [0.05, 0.1) is 11.4 Å². The third kappa shape index (κ3) is 3.75. The van der Waals surface area contributed by atoms with E-state index in [4.69, 9.17) is 5.73 Å². The number of carbonyl (C=O) groups excluding carboxylic acids is 2. The van der Waals surface area contributed by atoms with Gasteiger partial charge in [-0.1, -0.05) is 6.58 Å². The highest BCUT2D eigenvalue weighted by Gasteiger charge is 2.29. The molecule has 10 nitrogen and oxygen atoms in total. The molecule has 0 spiro atoms. The second-order valence-corrected chi connectivity index (χ2v) is 7.94. The molecule has 0 bridgehead atoms. The SMILES string of the molecule is C=CC(=O)N1CCCC(n2nc(C(=O)Nc3c(C)cc(O)cc3C)c3c(N)ncnc32)C1. The Labute approximate surface area is 184 Å². The van der Waals surface area contributed by atoms with E-state index in [2.05, 4.69) is 27.0 Å². The second-order valence-electron chi connectivity index (χ2n) is 7.94. The number of nitrogens with one attached hydrogen (secondary N) is 1. The number of fused-ring (bicyclic) bond motifs is 1. The summed E-state index contributed by atoms with van der Waals surface area (Å²) in [5.41, 5.74) is 8.69. The van der Waals surface area contributed by atoms with Crippen LogP contribution in [-0.2, 0) is 4.79 Å². The van der Waals surface area contributed by atoms with Gasteiger partial charge < -0.3 is 21.1 Å². The number of hydrogen-bond acceptors (Lipinski definition) is 7. The van der Waals surface area contributed by atoms with Gasteiger partial charge >= 0.3 is 0 Å². The van der Waals surface area contributed by atoms with Crippen LogP contribution < -0.4 is 11.1 Å². The van der Waals surface area contributed by atoms with Crippen LogP contribution >= 0.6 is 0 Å². The molecule has 1 aliphatic rings. The van der Waals surface area contributed by atoms with E-state index >= 15 is 0 Å². The molecule has 32 heavy (non-hydrogen) atoms. The monoisotopic (exact) mass is 435 g/mol. The molecule has 1 saturated heterocycles. The lowest BCUT2D eigenvalue weighted by molar-refractivity contribution is -0.127. The van der Waals surface area contributed by atoms with Crippen LogP contribution in [0.25, 0.3) is 11.0 Å². The fourth-order valence-corrected chi connectivity index (χ4v) is 4.20. The van der Waals surface area contributed by atoms with Gasteiger partial charge in [-0.25, -0.2) is 14.6 Å². The molecule has 1 fully saturated rings. The molecule has 0 radical (unpaired) electrons. The number of piperidine rings is 1. The number of hydrogen-bond donors (Lipinski definition) is 3. The van der Waals surface area contributed by atoms with Crippen molar-refractivity contribution in [3.8, 4) is 5.75 Å². The molecule has 10 heteroatoms. The number of likely N-dealkylation sites (tertiary alicyclic amines) is 1. The van der Waals surface area contributed by atoms with E-state index in [9.17, 15) is 14.7 Å². The number of benzene rings is 1. The quantitative estimate of drug-likeness (QED) is 0.422. The maximum atomic E-state index is 13.2. The van der Waals surface area contributed by atoms with Gasteiger partial charge in [0.2, 0.25) is 5.91 Å². The molecule has 0 aliphatic carbocycles. The number of aromatic nitrogens is 4. The summed E-state index contributed by atoms with van der Waals surface area (Å²) >= 11 is 0. The van der Waals surface area contributed by atoms with E-state index in [0.29, 0.717) is 29.8 Å². The Kier molecular flexibility index (Phi) is 5.52. The van der Waals surface area contributed by atoms with Crippen LogP contribution in [0.4, 0.5) is 11.5 Å². The number of phenols is 1. The first-order chi connectivity index (χ1) is 15.3. The lowest BCUT2D eigenvalue weighted by Crippen LogP contribution is -2.40. The van der Waals surface area contributed by atoms with E-state index < -0.39 is 5.91 Å². The average Bonchev–Trinajstić information content (AvgIpc) is 3.17. The number of aryl methyl sites for hydroxylation is 2. The molecule has 4 rings (SSSR count). The molecule has 3 heterocycles. The number of anilines is 2. The van der Waals surface area contributed by atoms with Gasteiger partial charge in [0.1, 0.15) is 17.9 Å². The first-order valence-electron chi connectivity index (χ1n) is 10.3. The topological polar surface area (TPSA) is 139 Å². The Morgan fingerprint density at radius 1 is 1.28 bits per heavy atom. The van der Waals surface area contributed by atoms with Gasteiger partial charge in [0.25, 0.3) is 5.91 Å². The van der Waals surface area contributed by atoms with Crippen molar-refractivity contribution in [2.75, 3.05) is 24.1 Å². The first-order valence-corrected chi connectivity index (χ1v) is 10.3. The van der Waals surface area contributed by atoms with Crippen molar-refractivity contribution in [1.82, 2.24) is 24.6 Å². The standard InChI is InChI=1S/C22H25N7O3/c1-4-16(31)28-7-5-6-14(10-28)29-21-17(20(23)24-11-25-21)19(27-29)22(32)26-18-12(2)8-15(30)9-13(18)3/h4,8-9,11,14,30H,1,5-7,10H2,2-3H3,(H,26,32)(H2,23,24,25). The van der Waals surface area contributed by atoms with Crippen LogP contribution in [0.5, 0.6) is 5.75 Å². The summed E-state index contributed by atoms with van der Waals surface area (Å²) in [4.78, 5) is 35.5. The minimum atomic E-state index is -0.457. The van der Waals surface area contributed by atoms with Crippen molar-refractivity contribution in [2.24, 2.45) is 0 Å². The molecule has 0 saturated carbocycles. The number of carbonyl (C=O) groups is 2. The van der Waals surface area contributed by atoms with E-state index in [0.717, 1.165) is 24.0 Å². The minimum absolute atomic E-state index is 0.108. The lowest BCUT2D eigenvalue weighted by atomic mass is 10.1. The molecule has 4 N–H and O–H groups in total. The fourth-order valence-electron chi connectivity index (χ4n) is 4.20. The Morgan fingerprint density at radius 2 is 2.00 bits per heavy atom. The number of amides is 2. The summed E-state index contributed by atoms with van der Waals surface area (Å²) in [6.45, 7) is 8.23. The molecule has 166 valence electrons. The normalized spacial score (nSPS) is 16.2. The van der Waals surface area contributed by atoms with Crippen LogP contribution in [-0.4, -0.2) is 54.7 Å². The van der Waals surface area contributed by atoms with Crippen LogP contribution in [0.1, 0.15) is 40.5 Å². The molecular formula is C22H25N7O3. The zero-order valence-electron chi connectivity index (χ0n) is 18.0. The molecule has 2 aromatic heterocycles. The van der Waals surface area contributed by atoms with Crippen LogP contribution in [0.2, 0.25) is 0 Å². The van der Waals surface area contributed by atoms with Crippen molar-refractivity contribution >= 4 is 34.4 Å². The summed E-state index contributed by atoms with van der Waals surface area (Å²) in [6, 6.07) is 2.98. The van der Waals surface area contributed by atoms with Gasteiger partial charge in [0, 0.05) is 18.8 Å². The number of rotatable bonds is 4. The van der Waals surface area contributed by atoms with Crippen molar-refractivity contribution in [3.05, 3.63) is 47.9 Å². The average molecular weight is 435 g/mol. The number of nitrogens with two attached hydrogens (primary N) is 1. The smallest absolute Gasteiger partial charge is 0.277 e. The zero-order valence-corrected chi connectivity index (χ0v) is 18.0. The highest BCUT2D eigenvalue weighted by Crippen LogP contribution is 2.30. The largest absolute Gasteiger partial charge is 0.508 e. The fraction of sp³-hybridized carbons (Fsp3) is 0.318. The molecule has 3 aromatic rings. The Balaban J connectivity index is 1.74. The third-order valence-corrected chi connectivity index (χ3v) is 5.72. The maximum absolute atomic E-state index is 13.2. The summed E-state index contributed by atoms with van der Waals surface area (Å²) in [5.74, 6) is -0.319. The highest BCUT2D eigenvalue weighted by atomic mass is 16.3. The number of nitrogens with zero attached hydrogens (tertiary/aromatic N) is 5. The summed E-state index contributed by atoms with van der Waals surface area (Å²) in [7, 11) is 0. The van der Waals surface area contributed by atoms with Gasteiger partial charge in [-0.15, -0.1) is 0 Å². The molecule has 1 unspecified atom stereocenters. The van der Waals surface area contributed by atoms with E-state index in [1.807, 2.05) is 0 Å². The van der Waals surface area contributed by atoms with Crippen molar-refractivity contribution < 1.29 is 14.7 Å². The van der Waals surface area contributed by atoms with Crippen LogP contribution in [0.3, 0.4) is 0 Å². The Hall–Kier alpha value is -3.95. The predicted octanol–water partition coefficient (Wildman–Crippen LogP) is 2.33. The summed E-state index contributed by atoms with van der Waals surface area (Å²) in [6.07, 6.45) is 4.20. The van der Waals surface area contributed by atoms with Gasteiger partial charge in [-0.3, -0.25) is 9.59 Å². The molecule has 2 amide bonds.